The summed E-state index contributed by atoms with van der Waals surface area (Å²) < 4.78 is 0. The Labute approximate surface area is 131 Å². The van der Waals surface area contributed by atoms with Gasteiger partial charge >= 0.3 is 5.97 Å². The third-order valence-electron chi connectivity index (χ3n) is 4.07. The van der Waals surface area contributed by atoms with Gasteiger partial charge in [-0.2, -0.15) is 0 Å². The summed E-state index contributed by atoms with van der Waals surface area (Å²) in [5, 5.41) is 11.6. The van der Waals surface area contributed by atoms with Crippen LogP contribution in [0.15, 0.2) is 18.2 Å². The van der Waals surface area contributed by atoms with Gasteiger partial charge in [-0.15, -0.1) is 0 Å². The number of hydrogen-bond acceptors (Lipinski definition) is 3. The number of nitrogens with one attached hydrogen (secondary N) is 1. The second kappa shape index (κ2) is 7.40. The highest BCUT2D eigenvalue weighted by Crippen LogP contribution is 2.24. The Morgan fingerprint density at radius 2 is 1.91 bits per heavy atom. The average Bonchev–Trinajstić information content (AvgIpc) is 2.45. The van der Waals surface area contributed by atoms with E-state index in [2.05, 4.69) is 23.5 Å². The summed E-state index contributed by atoms with van der Waals surface area (Å²) in [6.07, 6.45) is 4.76. The van der Waals surface area contributed by atoms with Gasteiger partial charge in [0.05, 0.1) is 19.1 Å². The molecule has 1 atom stereocenters. The third-order valence-corrected chi connectivity index (χ3v) is 4.07. The molecule has 5 heteroatoms. The summed E-state index contributed by atoms with van der Waals surface area (Å²) in [6, 6.07) is 6.37. The van der Waals surface area contributed by atoms with E-state index in [0.717, 1.165) is 18.4 Å². The lowest BCUT2D eigenvalue weighted by Crippen LogP contribution is -2.38. The van der Waals surface area contributed by atoms with Gasteiger partial charge in [0.1, 0.15) is 0 Å². The average molecular weight is 304 g/mol. The molecule has 120 valence electrons. The molecule has 0 saturated carbocycles. The van der Waals surface area contributed by atoms with Crippen LogP contribution in [0.25, 0.3) is 0 Å². The van der Waals surface area contributed by atoms with Crippen molar-refractivity contribution >= 4 is 11.9 Å². The monoisotopic (exact) mass is 304 g/mol. The van der Waals surface area contributed by atoms with Crippen LogP contribution in [-0.4, -0.2) is 42.0 Å². The number of aryl methyl sites for hydroxylation is 2. The molecule has 0 aromatic heterocycles. The van der Waals surface area contributed by atoms with E-state index in [1.165, 1.54) is 28.9 Å². The lowest BCUT2D eigenvalue weighted by molar-refractivity contribution is -0.138. The first-order chi connectivity index (χ1) is 10.5. The van der Waals surface area contributed by atoms with Crippen molar-refractivity contribution in [3.63, 3.8) is 0 Å². The maximum absolute atomic E-state index is 12.0. The Morgan fingerprint density at radius 1 is 1.23 bits per heavy atom. The minimum atomic E-state index is -0.932. The van der Waals surface area contributed by atoms with Crippen LogP contribution in [0.1, 0.15) is 42.5 Å². The maximum Gasteiger partial charge on any atom is 0.317 e. The molecule has 1 unspecified atom stereocenters. The lowest BCUT2D eigenvalue weighted by Gasteiger charge is -2.21. The smallest absolute Gasteiger partial charge is 0.317 e. The second-order valence-corrected chi connectivity index (χ2v) is 6.09. The predicted octanol–water partition coefficient (Wildman–Crippen LogP) is 1.76. The number of carbonyl (C=O) groups is 2. The molecule has 1 amide bonds. The van der Waals surface area contributed by atoms with E-state index in [0.29, 0.717) is 0 Å². The first-order valence-electron chi connectivity index (χ1n) is 7.77. The first kappa shape index (κ1) is 16.5. The van der Waals surface area contributed by atoms with Crippen LogP contribution < -0.4 is 5.32 Å². The Bertz CT molecular complexity index is 557. The summed E-state index contributed by atoms with van der Waals surface area (Å²) in [5.74, 6) is -1.09. The zero-order valence-electron chi connectivity index (χ0n) is 13.3. The van der Waals surface area contributed by atoms with E-state index >= 15 is 0 Å². The van der Waals surface area contributed by atoms with E-state index in [1.807, 2.05) is 6.92 Å². The molecule has 1 aromatic carbocycles. The zero-order chi connectivity index (χ0) is 16.1. The summed E-state index contributed by atoms with van der Waals surface area (Å²) >= 11 is 0. The number of amides is 1. The highest BCUT2D eigenvalue weighted by atomic mass is 16.4. The molecule has 2 rings (SSSR count). The van der Waals surface area contributed by atoms with Crippen molar-refractivity contribution in [3.05, 3.63) is 34.9 Å². The Balaban J connectivity index is 1.92. The predicted molar refractivity (Wildman–Crippen MR) is 84.8 cm³/mol. The van der Waals surface area contributed by atoms with E-state index < -0.39 is 5.97 Å². The van der Waals surface area contributed by atoms with Crippen LogP contribution in [0.4, 0.5) is 0 Å². The standard InChI is InChI=1S/C17H24N2O3/c1-12(18-16(20)10-19(2)11-17(21)22)14-8-7-13-5-3-4-6-15(13)9-14/h7-9,12H,3-6,10-11H2,1-2H3,(H,18,20)(H,21,22). The van der Waals surface area contributed by atoms with Gasteiger partial charge in [-0.3, -0.25) is 14.5 Å². The molecule has 0 spiro atoms. The fourth-order valence-electron chi connectivity index (χ4n) is 2.93. The van der Waals surface area contributed by atoms with Gasteiger partial charge in [0.25, 0.3) is 0 Å². The normalized spacial score (nSPS) is 15.2. The van der Waals surface area contributed by atoms with Crippen LogP contribution in [0.3, 0.4) is 0 Å². The zero-order valence-corrected chi connectivity index (χ0v) is 13.3. The molecule has 5 nitrogen and oxygen atoms in total. The molecule has 0 saturated heterocycles. The number of aliphatic carboxylic acids is 1. The molecule has 1 aliphatic carbocycles. The Morgan fingerprint density at radius 3 is 2.59 bits per heavy atom. The third kappa shape index (κ3) is 4.56. The van der Waals surface area contributed by atoms with Crippen molar-refractivity contribution in [2.45, 2.75) is 38.6 Å². The van der Waals surface area contributed by atoms with Gasteiger partial charge in [0.2, 0.25) is 5.91 Å². The molecule has 0 fully saturated rings. The number of benzene rings is 1. The number of nitrogens with zero attached hydrogens (tertiary/aromatic N) is 1. The quantitative estimate of drug-likeness (QED) is 0.840. The Hall–Kier alpha value is -1.88. The summed E-state index contributed by atoms with van der Waals surface area (Å²) in [4.78, 5) is 24.0. The summed E-state index contributed by atoms with van der Waals surface area (Å²) in [7, 11) is 1.62. The number of fused-ring (bicyclic) bond motifs is 1. The largest absolute Gasteiger partial charge is 0.480 e. The topological polar surface area (TPSA) is 69.6 Å². The minimum absolute atomic E-state index is 0.0713. The van der Waals surface area contributed by atoms with Gasteiger partial charge in [-0.25, -0.2) is 0 Å². The van der Waals surface area contributed by atoms with Crippen molar-refractivity contribution in [1.82, 2.24) is 10.2 Å². The maximum atomic E-state index is 12.0. The molecule has 0 radical (unpaired) electrons. The van der Waals surface area contributed by atoms with Crippen molar-refractivity contribution < 1.29 is 14.7 Å². The van der Waals surface area contributed by atoms with E-state index in [1.54, 1.807) is 7.05 Å². The number of carbonyl (C=O) groups excluding carboxylic acids is 1. The van der Waals surface area contributed by atoms with E-state index in [-0.39, 0.29) is 25.0 Å². The van der Waals surface area contributed by atoms with E-state index in [4.69, 9.17) is 5.11 Å². The van der Waals surface area contributed by atoms with Crippen LogP contribution in [-0.2, 0) is 22.4 Å². The number of hydrogen-bond donors (Lipinski definition) is 2. The van der Waals surface area contributed by atoms with Crippen molar-refractivity contribution in [3.8, 4) is 0 Å². The SMILES string of the molecule is CC(NC(=O)CN(C)CC(=O)O)c1ccc2c(c1)CCCC2. The van der Waals surface area contributed by atoms with E-state index in [9.17, 15) is 9.59 Å². The molecule has 1 aliphatic rings. The van der Waals surface area contributed by atoms with Crippen molar-refractivity contribution in [1.29, 1.82) is 0 Å². The lowest BCUT2D eigenvalue weighted by atomic mass is 9.89. The minimum Gasteiger partial charge on any atom is -0.480 e. The fourth-order valence-corrected chi connectivity index (χ4v) is 2.93. The van der Waals surface area contributed by atoms with Crippen LogP contribution in [0.5, 0.6) is 0 Å². The van der Waals surface area contributed by atoms with Crippen molar-refractivity contribution in [2.24, 2.45) is 0 Å². The molecule has 0 heterocycles. The number of carboxylic acids is 1. The Kier molecular flexibility index (Phi) is 5.55. The van der Waals surface area contributed by atoms with Crippen LogP contribution >= 0.6 is 0 Å². The number of likely N-dealkylation sites (N-methyl/N-ethyl adjacent to an activating group) is 1. The highest BCUT2D eigenvalue weighted by molar-refractivity contribution is 5.79. The molecule has 2 N–H and O–H groups in total. The fraction of sp³-hybridized carbons (Fsp3) is 0.529. The second-order valence-electron chi connectivity index (χ2n) is 6.09. The highest BCUT2D eigenvalue weighted by Gasteiger charge is 2.15. The molecule has 0 bridgehead atoms. The van der Waals surface area contributed by atoms with Gasteiger partial charge in [0, 0.05) is 0 Å². The number of rotatable bonds is 6. The molecule has 1 aromatic rings. The van der Waals surface area contributed by atoms with Gasteiger partial charge in [0.15, 0.2) is 0 Å². The molecular weight excluding hydrogens is 280 g/mol. The van der Waals surface area contributed by atoms with Crippen LogP contribution in [0, 0.1) is 0 Å². The first-order valence-corrected chi connectivity index (χ1v) is 7.77. The summed E-state index contributed by atoms with van der Waals surface area (Å²) in [6.45, 7) is 1.90. The molecule has 0 aliphatic heterocycles. The van der Waals surface area contributed by atoms with Gasteiger partial charge in [-0.05, 0) is 56.3 Å². The van der Waals surface area contributed by atoms with Gasteiger partial charge in [-0.1, -0.05) is 18.2 Å². The molecule has 22 heavy (non-hydrogen) atoms. The van der Waals surface area contributed by atoms with Crippen molar-refractivity contribution in [2.75, 3.05) is 20.1 Å². The van der Waals surface area contributed by atoms with Crippen LogP contribution in [0.2, 0.25) is 0 Å². The molecular formula is C17H24N2O3. The number of carboxylic acid groups (broad SMARTS) is 1. The van der Waals surface area contributed by atoms with Gasteiger partial charge < -0.3 is 10.4 Å². The summed E-state index contributed by atoms with van der Waals surface area (Å²) in [5.41, 5.74) is 3.93.